The third kappa shape index (κ3) is 5.05. The summed E-state index contributed by atoms with van der Waals surface area (Å²) in [5, 5.41) is 12.4. The highest BCUT2D eigenvalue weighted by Gasteiger charge is 2.32. The van der Waals surface area contributed by atoms with Gasteiger partial charge in [-0.25, -0.2) is 0 Å². The van der Waals surface area contributed by atoms with Crippen molar-refractivity contribution in [2.75, 3.05) is 6.54 Å². The molecular weight excluding hydrogens is 290 g/mol. The second-order valence-corrected chi connectivity index (χ2v) is 7.00. The van der Waals surface area contributed by atoms with E-state index < -0.39 is 16.8 Å². The molecule has 0 unspecified atom stereocenters. The van der Waals surface area contributed by atoms with E-state index in [2.05, 4.69) is 5.32 Å². The SMILES string of the molecule is CC(C)(CNC(=O)C(C)(C)Cc1cccc(Cl)c1)C(=O)O. The van der Waals surface area contributed by atoms with Crippen LogP contribution in [-0.2, 0) is 16.0 Å². The van der Waals surface area contributed by atoms with Gasteiger partial charge in [0.05, 0.1) is 5.41 Å². The lowest BCUT2D eigenvalue weighted by molar-refractivity contribution is -0.147. The molecule has 0 aliphatic rings. The lowest BCUT2D eigenvalue weighted by Gasteiger charge is -2.27. The highest BCUT2D eigenvalue weighted by molar-refractivity contribution is 6.30. The van der Waals surface area contributed by atoms with Crippen LogP contribution in [0.2, 0.25) is 5.02 Å². The fourth-order valence-corrected chi connectivity index (χ4v) is 2.07. The summed E-state index contributed by atoms with van der Waals surface area (Å²) >= 11 is 5.94. The number of hydrogen-bond acceptors (Lipinski definition) is 2. The van der Waals surface area contributed by atoms with E-state index in [1.807, 2.05) is 32.0 Å². The zero-order valence-electron chi connectivity index (χ0n) is 12.9. The molecule has 0 heterocycles. The van der Waals surface area contributed by atoms with Crippen molar-refractivity contribution < 1.29 is 14.7 Å². The highest BCUT2D eigenvalue weighted by atomic mass is 35.5. The van der Waals surface area contributed by atoms with Gasteiger partial charge in [-0.2, -0.15) is 0 Å². The van der Waals surface area contributed by atoms with Crippen molar-refractivity contribution >= 4 is 23.5 Å². The van der Waals surface area contributed by atoms with Crippen LogP contribution in [0.1, 0.15) is 33.3 Å². The summed E-state index contributed by atoms with van der Waals surface area (Å²) in [5.74, 6) is -1.10. The molecule has 1 rings (SSSR count). The van der Waals surface area contributed by atoms with Gasteiger partial charge in [-0.3, -0.25) is 9.59 Å². The number of benzene rings is 1. The Morgan fingerprint density at radius 3 is 2.33 bits per heavy atom. The maximum Gasteiger partial charge on any atom is 0.310 e. The third-order valence-electron chi connectivity index (χ3n) is 3.42. The lowest BCUT2D eigenvalue weighted by Crippen LogP contribution is -2.44. The Balaban J connectivity index is 2.69. The molecule has 0 spiro atoms. The first-order valence-corrected chi connectivity index (χ1v) is 7.18. The number of carboxylic acids is 1. The second-order valence-electron chi connectivity index (χ2n) is 6.56. The molecule has 0 aliphatic carbocycles. The largest absolute Gasteiger partial charge is 0.481 e. The molecule has 4 nitrogen and oxygen atoms in total. The standard InChI is InChI=1S/C16H22ClNO3/c1-15(2,9-11-6-5-7-12(17)8-11)13(19)18-10-16(3,4)14(20)21/h5-8H,9-10H2,1-4H3,(H,18,19)(H,20,21). The van der Waals surface area contributed by atoms with E-state index in [-0.39, 0.29) is 12.5 Å². The number of amides is 1. The van der Waals surface area contributed by atoms with Crippen LogP contribution >= 0.6 is 11.6 Å². The zero-order chi connectivity index (χ0) is 16.3. The van der Waals surface area contributed by atoms with Crippen molar-refractivity contribution in [3.05, 3.63) is 34.9 Å². The van der Waals surface area contributed by atoms with Crippen molar-refractivity contribution in [1.82, 2.24) is 5.32 Å². The summed E-state index contributed by atoms with van der Waals surface area (Å²) in [6, 6.07) is 7.38. The van der Waals surface area contributed by atoms with Gasteiger partial charge in [-0.05, 0) is 38.0 Å². The van der Waals surface area contributed by atoms with Crippen molar-refractivity contribution in [3.63, 3.8) is 0 Å². The Morgan fingerprint density at radius 2 is 1.81 bits per heavy atom. The first-order valence-electron chi connectivity index (χ1n) is 6.81. The van der Waals surface area contributed by atoms with Gasteiger partial charge in [0.2, 0.25) is 5.91 Å². The Morgan fingerprint density at radius 1 is 1.19 bits per heavy atom. The van der Waals surface area contributed by atoms with Crippen molar-refractivity contribution in [1.29, 1.82) is 0 Å². The van der Waals surface area contributed by atoms with Crippen LogP contribution in [0.5, 0.6) is 0 Å². The number of aliphatic carboxylic acids is 1. The molecule has 0 aromatic heterocycles. The minimum Gasteiger partial charge on any atom is -0.481 e. The quantitative estimate of drug-likeness (QED) is 0.848. The summed E-state index contributed by atoms with van der Waals surface area (Å²) in [4.78, 5) is 23.3. The molecule has 0 fully saturated rings. The van der Waals surface area contributed by atoms with Crippen LogP contribution in [0.4, 0.5) is 0 Å². The normalized spacial score (nSPS) is 12.0. The van der Waals surface area contributed by atoms with Gasteiger partial charge >= 0.3 is 5.97 Å². The first-order chi connectivity index (χ1) is 9.54. The van der Waals surface area contributed by atoms with Crippen LogP contribution in [0, 0.1) is 10.8 Å². The van der Waals surface area contributed by atoms with E-state index >= 15 is 0 Å². The van der Waals surface area contributed by atoms with E-state index in [0.29, 0.717) is 11.4 Å². The summed E-state index contributed by atoms with van der Waals surface area (Å²) in [5.41, 5.74) is -0.652. The van der Waals surface area contributed by atoms with Gasteiger partial charge in [0.1, 0.15) is 0 Å². The third-order valence-corrected chi connectivity index (χ3v) is 3.65. The average molecular weight is 312 g/mol. The van der Waals surface area contributed by atoms with Gasteiger partial charge in [0.15, 0.2) is 0 Å². The second kappa shape index (κ2) is 6.48. The van der Waals surface area contributed by atoms with E-state index in [4.69, 9.17) is 16.7 Å². The Bertz CT molecular complexity index is 538. The minimum absolute atomic E-state index is 0.0974. The summed E-state index contributed by atoms with van der Waals surface area (Å²) in [6.45, 7) is 6.92. The number of nitrogens with one attached hydrogen (secondary N) is 1. The predicted molar refractivity (Wildman–Crippen MR) is 83.4 cm³/mol. The molecule has 0 radical (unpaired) electrons. The number of carboxylic acid groups (broad SMARTS) is 1. The minimum atomic E-state index is -0.984. The molecule has 0 atom stereocenters. The monoisotopic (exact) mass is 311 g/mol. The molecule has 5 heteroatoms. The smallest absolute Gasteiger partial charge is 0.310 e. The van der Waals surface area contributed by atoms with Gasteiger partial charge < -0.3 is 10.4 Å². The predicted octanol–water partition coefficient (Wildman–Crippen LogP) is 3.14. The van der Waals surface area contributed by atoms with Crippen LogP contribution < -0.4 is 5.32 Å². The summed E-state index contributed by atoms with van der Waals surface area (Å²) in [7, 11) is 0. The van der Waals surface area contributed by atoms with Gasteiger partial charge in [0.25, 0.3) is 0 Å². The Hall–Kier alpha value is -1.55. The molecule has 2 N–H and O–H groups in total. The molecule has 0 saturated carbocycles. The maximum atomic E-state index is 12.3. The summed E-state index contributed by atoms with van der Waals surface area (Å²) in [6.07, 6.45) is 0.535. The fraction of sp³-hybridized carbons (Fsp3) is 0.500. The van der Waals surface area contributed by atoms with Crippen molar-refractivity contribution in [2.24, 2.45) is 10.8 Å². The van der Waals surface area contributed by atoms with Crippen LogP contribution in [0.3, 0.4) is 0 Å². The topological polar surface area (TPSA) is 66.4 Å². The van der Waals surface area contributed by atoms with Crippen LogP contribution in [-0.4, -0.2) is 23.5 Å². The zero-order valence-corrected chi connectivity index (χ0v) is 13.6. The van der Waals surface area contributed by atoms with Crippen LogP contribution in [0.25, 0.3) is 0 Å². The molecule has 1 aromatic rings. The molecule has 1 aromatic carbocycles. The van der Waals surface area contributed by atoms with Gasteiger partial charge in [0, 0.05) is 17.0 Å². The Kier molecular flexibility index (Phi) is 5.40. The molecule has 21 heavy (non-hydrogen) atoms. The highest BCUT2D eigenvalue weighted by Crippen LogP contribution is 2.24. The van der Waals surface area contributed by atoms with E-state index in [9.17, 15) is 9.59 Å². The number of carbonyl (C=O) groups is 2. The lowest BCUT2D eigenvalue weighted by atomic mass is 9.84. The van der Waals surface area contributed by atoms with E-state index in [1.165, 1.54) is 0 Å². The average Bonchev–Trinajstić information content (AvgIpc) is 2.35. The molecule has 0 bridgehead atoms. The first kappa shape index (κ1) is 17.5. The molecule has 0 saturated heterocycles. The molecular formula is C16H22ClNO3. The van der Waals surface area contributed by atoms with Gasteiger partial charge in [-0.15, -0.1) is 0 Å². The van der Waals surface area contributed by atoms with E-state index in [1.54, 1.807) is 19.9 Å². The molecule has 0 aliphatic heterocycles. The molecule has 1 amide bonds. The van der Waals surface area contributed by atoms with E-state index in [0.717, 1.165) is 5.56 Å². The fourth-order valence-electron chi connectivity index (χ4n) is 1.85. The van der Waals surface area contributed by atoms with Crippen molar-refractivity contribution in [2.45, 2.75) is 34.1 Å². The number of rotatable bonds is 6. The van der Waals surface area contributed by atoms with Gasteiger partial charge in [-0.1, -0.05) is 37.6 Å². The van der Waals surface area contributed by atoms with Crippen LogP contribution in [0.15, 0.2) is 24.3 Å². The maximum absolute atomic E-state index is 12.3. The van der Waals surface area contributed by atoms with Crippen molar-refractivity contribution in [3.8, 4) is 0 Å². The molecule has 116 valence electrons. The summed E-state index contributed by atoms with van der Waals surface area (Å²) < 4.78 is 0. The number of hydrogen-bond donors (Lipinski definition) is 2. The number of halogens is 1. The Labute approximate surface area is 130 Å². The number of carbonyl (C=O) groups excluding carboxylic acids is 1.